The minimum atomic E-state index is -0.644. The van der Waals surface area contributed by atoms with Crippen LogP contribution >= 0.6 is 0 Å². The molecule has 0 bridgehead atoms. The Morgan fingerprint density at radius 2 is 1.87 bits per heavy atom. The van der Waals surface area contributed by atoms with E-state index >= 15 is 0 Å². The molecule has 0 saturated carbocycles. The highest BCUT2D eigenvalue weighted by atomic mass is 16.5. The molecule has 0 radical (unpaired) electrons. The Hall–Kier alpha value is -3.00. The van der Waals surface area contributed by atoms with Crippen molar-refractivity contribution in [3.63, 3.8) is 0 Å². The molecular formula is C23H30N2O6. The number of nitrogens with one attached hydrogen (secondary N) is 1. The lowest BCUT2D eigenvalue weighted by Gasteiger charge is -2.21. The number of H-pyrrole nitrogens is 1. The molecule has 1 atom stereocenters. The molecule has 1 aliphatic rings. The lowest BCUT2D eigenvalue weighted by Crippen LogP contribution is -2.34. The van der Waals surface area contributed by atoms with Gasteiger partial charge in [0.2, 0.25) is 0 Å². The van der Waals surface area contributed by atoms with Crippen molar-refractivity contribution in [2.45, 2.75) is 33.3 Å². The van der Waals surface area contributed by atoms with E-state index in [1.54, 1.807) is 23.1 Å². The third-order valence-corrected chi connectivity index (χ3v) is 5.76. The van der Waals surface area contributed by atoms with Crippen molar-refractivity contribution in [3.05, 3.63) is 39.8 Å². The molecule has 2 aromatic rings. The van der Waals surface area contributed by atoms with Gasteiger partial charge in [-0.1, -0.05) is 19.4 Å². The van der Waals surface area contributed by atoms with Crippen LogP contribution in [-0.2, 0) is 11.3 Å². The molecule has 1 saturated heterocycles. The van der Waals surface area contributed by atoms with Gasteiger partial charge in [0.25, 0.3) is 11.5 Å². The highest BCUT2D eigenvalue weighted by Gasteiger charge is 2.32. The van der Waals surface area contributed by atoms with Gasteiger partial charge in [-0.3, -0.25) is 9.59 Å². The normalized spacial score (nSPS) is 15.9. The van der Waals surface area contributed by atoms with E-state index in [-0.39, 0.29) is 17.7 Å². The maximum absolute atomic E-state index is 13.2. The second-order valence-corrected chi connectivity index (χ2v) is 7.52. The first kappa shape index (κ1) is 22.7. The van der Waals surface area contributed by atoms with Crippen molar-refractivity contribution in [1.29, 1.82) is 0 Å². The largest absolute Gasteiger partial charge is 0.506 e. The number of carbonyl (C=O) groups is 1. The van der Waals surface area contributed by atoms with Crippen LogP contribution in [0.1, 0.15) is 42.7 Å². The van der Waals surface area contributed by atoms with Crippen LogP contribution in [0.15, 0.2) is 23.0 Å². The van der Waals surface area contributed by atoms with Crippen molar-refractivity contribution < 1.29 is 24.1 Å². The maximum Gasteiger partial charge on any atom is 0.264 e. The number of aromatic nitrogens is 1. The highest BCUT2D eigenvalue weighted by molar-refractivity contribution is 6.00. The molecule has 2 heterocycles. The number of hydrogen-bond donors (Lipinski definition) is 2. The Labute approximate surface area is 181 Å². The van der Waals surface area contributed by atoms with E-state index in [1.807, 2.05) is 6.92 Å². The summed E-state index contributed by atoms with van der Waals surface area (Å²) < 4.78 is 16.5. The topological polar surface area (TPSA) is 101 Å². The van der Waals surface area contributed by atoms with Gasteiger partial charge in [0.15, 0.2) is 0 Å². The summed E-state index contributed by atoms with van der Waals surface area (Å²) in [6, 6.07) is 5.20. The number of amides is 1. The molecule has 168 valence electrons. The van der Waals surface area contributed by atoms with E-state index in [9.17, 15) is 14.7 Å². The van der Waals surface area contributed by atoms with Crippen molar-refractivity contribution in [2.24, 2.45) is 5.92 Å². The van der Waals surface area contributed by atoms with Gasteiger partial charge in [-0.05, 0) is 31.4 Å². The van der Waals surface area contributed by atoms with Crippen LogP contribution in [0.5, 0.6) is 17.2 Å². The van der Waals surface area contributed by atoms with E-state index < -0.39 is 17.2 Å². The minimum Gasteiger partial charge on any atom is -0.506 e. The molecule has 8 heteroatoms. The number of aromatic amines is 1. The number of ether oxygens (including phenoxy) is 3. The summed E-state index contributed by atoms with van der Waals surface area (Å²) in [6.07, 6.45) is 1.85. The number of likely N-dealkylation sites (tertiary alicyclic amines) is 1. The van der Waals surface area contributed by atoms with Gasteiger partial charge < -0.3 is 29.2 Å². The minimum absolute atomic E-state index is 0.0475. The molecule has 3 rings (SSSR count). The summed E-state index contributed by atoms with van der Waals surface area (Å²) in [5, 5.41) is 11.3. The molecule has 1 aromatic carbocycles. The van der Waals surface area contributed by atoms with Crippen LogP contribution in [-0.4, -0.2) is 54.8 Å². The van der Waals surface area contributed by atoms with Gasteiger partial charge in [-0.15, -0.1) is 0 Å². The zero-order chi connectivity index (χ0) is 22.5. The molecule has 1 fully saturated rings. The second kappa shape index (κ2) is 9.87. The monoisotopic (exact) mass is 430 g/mol. The Morgan fingerprint density at radius 3 is 2.42 bits per heavy atom. The maximum atomic E-state index is 13.2. The Bertz CT molecular complexity index is 978. The summed E-state index contributed by atoms with van der Waals surface area (Å²) in [5.74, 6) is 0.394. The average molecular weight is 431 g/mol. The third kappa shape index (κ3) is 4.39. The average Bonchev–Trinajstić information content (AvgIpc) is 3.26. The van der Waals surface area contributed by atoms with Crippen LogP contribution < -0.4 is 15.0 Å². The van der Waals surface area contributed by atoms with Gasteiger partial charge in [-0.25, -0.2) is 0 Å². The molecule has 2 N–H and O–H groups in total. The molecule has 0 aliphatic carbocycles. The van der Waals surface area contributed by atoms with Crippen LogP contribution in [0.2, 0.25) is 0 Å². The van der Waals surface area contributed by atoms with E-state index in [2.05, 4.69) is 11.9 Å². The highest BCUT2D eigenvalue weighted by Crippen LogP contribution is 2.44. The summed E-state index contributed by atoms with van der Waals surface area (Å²) in [4.78, 5) is 30.5. The molecule has 0 spiro atoms. The number of aromatic hydroxyl groups is 1. The lowest BCUT2D eigenvalue weighted by molar-refractivity contribution is 0.0781. The zero-order valence-corrected chi connectivity index (χ0v) is 18.5. The van der Waals surface area contributed by atoms with E-state index in [0.29, 0.717) is 48.4 Å². The zero-order valence-electron chi connectivity index (χ0n) is 18.5. The fourth-order valence-electron chi connectivity index (χ4n) is 4.02. The first-order valence-corrected chi connectivity index (χ1v) is 10.5. The molecule has 1 amide bonds. The van der Waals surface area contributed by atoms with Gasteiger partial charge in [0.1, 0.15) is 22.8 Å². The van der Waals surface area contributed by atoms with Gasteiger partial charge in [0, 0.05) is 19.7 Å². The fraction of sp³-hybridized carbons (Fsp3) is 0.478. The number of carbonyl (C=O) groups excluding carboxylic acids is 1. The molecule has 0 unspecified atom stereocenters. The molecular weight excluding hydrogens is 400 g/mol. The van der Waals surface area contributed by atoms with Gasteiger partial charge >= 0.3 is 0 Å². The standard InChI is InChI=1S/C23H30N2O6/c1-5-14-10-11-25(12-14)23(28)20-21(26)18(15(13-31-6-2)24-22(20)27)19-16(29-3)8-7-9-17(19)30-4/h7-9,14H,5-6,10-13H2,1-4H3,(H2,24,26,27)/t14-/m1/s1. The molecule has 8 nitrogen and oxygen atoms in total. The van der Waals surface area contributed by atoms with Gasteiger partial charge in [-0.2, -0.15) is 0 Å². The predicted molar refractivity (Wildman–Crippen MR) is 117 cm³/mol. The van der Waals surface area contributed by atoms with Crippen LogP contribution in [0, 0.1) is 5.92 Å². The van der Waals surface area contributed by atoms with Crippen LogP contribution in [0.3, 0.4) is 0 Å². The van der Waals surface area contributed by atoms with E-state index in [0.717, 1.165) is 12.8 Å². The summed E-state index contributed by atoms with van der Waals surface area (Å²) in [6.45, 7) is 5.50. The van der Waals surface area contributed by atoms with Crippen LogP contribution in [0.4, 0.5) is 0 Å². The van der Waals surface area contributed by atoms with Crippen molar-refractivity contribution in [3.8, 4) is 28.4 Å². The third-order valence-electron chi connectivity index (χ3n) is 5.76. The quantitative estimate of drug-likeness (QED) is 0.667. The van der Waals surface area contributed by atoms with Crippen LogP contribution in [0.25, 0.3) is 11.1 Å². The predicted octanol–water partition coefficient (Wildman–Crippen LogP) is 3.17. The van der Waals surface area contributed by atoms with E-state index in [4.69, 9.17) is 14.2 Å². The number of methoxy groups -OCH3 is 2. The molecule has 1 aromatic heterocycles. The number of rotatable bonds is 8. The Kier molecular flexibility index (Phi) is 7.22. The Balaban J connectivity index is 2.22. The SMILES string of the molecule is CCOCc1[nH]c(=O)c(C(=O)N2CC[C@@H](CC)C2)c(O)c1-c1c(OC)cccc1OC. The summed E-state index contributed by atoms with van der Waals surface area (Å²) in [5.41, 5.74) is 0.126. The molecule has 1 aliphatic heterocycles. The second-order valence-electron chi connectivity index (χ2n) is 7.52. The first-order valence-electron chi connectivity index (χ1n) is 10.5. The van der Waals surface area contributed by atoms with Gasteiger partial charge in [0.05, 0.1) is 37.6 Å². The number of hydrogen-bond acceptors (Lipinski definition) is 6. The Morgan fingerprint density at radius 1 is 1.19 bits per heavy atom. The van der Waals surface area contributed by atoms with E-state index in [1.165, 1.54) is 14.2 Å². The fourth-order valence-corrected chi connectivity index (χ4v) is 4.02. The lowest BCUT2D eigenvalue weighted by atomic mass is 9.97. The van der Waals surface area contributed by atoms with Crippen molar-refractivity contribution >= 4 is 5.91 Å². The van der Waals surface area contributed by atoms with Crippen molar-refractivity contribution in [1.82, 2.24) is 9.88 Å². The van der Waals surface area contributed by atoms with Crippen molar-refractivity contribution in [2.75, 3.05) is 33.9 Å². The number of benzene rings is 1. The summed E-state index contributed by atoms with van der Waals surface area (Å²) in [7, 11) is 3.01. The molecule has 31 heavy (non-hydrogen) atoms. The summed E-state index contributed by atoms with van der Waals surface area (Å²) >= 11 is 0. The number of pyridine rings is 1. The smallest absolute Gasteiger partial charge is 0.264 e. The number of nitrogens with zero attached hydrogens (tertiary/aromatic N) is 1. The first-order chi connectivity index (χ1) is 15.0.